The number of halogens is 1. The maximum Gasteiger partial charge on any atom is 0.183 e. The van der Waals surface area contributed by atoms with E-state index in [1.54, 1.807) is 6.08 Å². The molecule has 0 aromatic heterocycles. The molecule has 1 saturated heterocycles. The van der Waals surface area contributed by atoms with E-state index in [1.807, 2.05) is 13.0 Å². The lowest BCUT2D eigenvalue weighted by molar-refractivity contribution is -0.197. The highest BCUT2D eigenvalue weighted by Gasteiger charge is 2.22. The van der Waals surface area contributed by atoms with Gasteiger partial charge in [-0.3, -0.25) is 0 Å². The van der Waals surface area contributed by atoms with Crippen molar-refractivity contribution in [3.05, 3.63) is 59.4 Å². The highest BCUT2D eigenvalue weighted by atomic mass is 19.1. The third kappa shape index (κ3) is 3.65. The summed E-state index contributed by atoms with van der Waals surface area (Å²) < 4.78 is 24.7. The summed E-state index contributed by atoms with van der Waals surface area (Å²) in [6.45, 7) is 3.41. The molecule has 2 aliphatic rings. The molecule has 0 bridgehead atoms. The second-order valence-electron chi connectivity index (χ2n) is 6.07. The van der Waals surface area contributed by atoms with Crippen molar-refractivity contribution in [3.63, 3.8) is 0 Å². The van der Waals surface area contributed by atoms with Gasteiger partial charge in [0.25, 0.3) is 0 Å². The lowest BCUT2D eigenvalue weighted by Gasteiger charge is -2.28. The summed E-state index contributed by atoms with van der Waals surface area (Å²) in [7, 11) is 0. The fourth-order valence-electron chi connectivity index (χ4n) is 3.12. The van der Waals surface area contributed by atoms with Crippen LogP contribution in [-0.4, -0.2) is 13.2 Å². The van der Waals surface area contributed by atoms with Gasteiger partial charge in [0.15, 0.2) is 6.29 Å². The SMILES string of the molecule is C/C=C/C1COC(c2ccc(C3CC=C(F)CC3)cc2)OC1. The van der Waals surface area contributed by atoms with Crippen LogP contribution in [0.15, 0.2) is 48.3 Å². The van der Waals surface area contributed by atoms with E-state index in [4.69, 9.17) is 9.47 Å². The molecule has 3 rings (SSSR count). The van der Waals surface area contributed by atoms with Crippen LogP contribution >= 0.6 is 0 Å². The number of rotatable bonds is 3. The summed E-state index contributed by atoms with van der Waals surface area (Å²) in [5.41, 5.74) is 2.33. The minimum absolute atomic E-state index is 0.0348. The maximum atomic E-state index is 13.1. The van der Waals surface area contributed by atoms with Gasteiger partial charge >= 0.3 is 0 Å². The second-order valence-corrected chi connectivity index (χ2v) is 6.07. The van der Waals surface area contributed by atoms with Crippen molar-refractivity contribution >= 4 is 0 Å². The molecule has 2 nitrogen and oxygen atoms in total. The summed E-state index contributed by atoms with van der Waals surface area (Å²) in [6, 6.07) is 8.40. The van der Waals surface area contributed by atoms with Crippen molar-refractivity contribution in [3.8, 4) is 0 Å². The van der Waals surface area contributed by atoms with E-state index in [-0.39, 0.29) is 12.1 Å². The number of ether oxygens (including phenoxy) is 2. The summed E-state index contributed by atoms with van der Waals surface area (Å²) in [4.78, 5) is 0. The van der Waals surface area contributed by atoms with Crippen molar-refractivity contribution < 1.29 is 13.9 Å². The third-order valence-corrected chi connectivity index (χ3v) is 4.42. The average Bonchev–Trinajstić information content (AvgIpc) is 2.57. The first-order valence-corrected chi connectivity index (χ1v) is 8.06. The Morgan fingerprint density at radius 1 is 1.09 bits per heavy atom. The first-order chi connectivity index (χ1) is 10.8. The molecule has 22 heavy (non-hydrogen) atoms. The highest BCUT2D eigenvalue weighted by molar-refractivity contribution is 5.28. The van der Waals surface area contributed by atoms with Crippen LogP contribution in [0.4, 0.5) is 4.39 Å². The van der Waals surface area contributed by atoms with Gasteiger partial charge in [-0.15, -0.1) is 0 Å². The molecule has 0 N–H and O–H groups in total. The van der Waals surface area contributed by atoms with Crippen LogP contribution in [0.2, 0.25) is 0 Å². The maximum absolute atomic E-state index is 13.1. The van der Waals surface area contributed by atoms with E-state index in [2.05, 4.69) is 30.3 Å². The van der Waals surface area contributed by atoms with Crippen LogP contribution in [0.1, 0.15) is 49.5 Å². The Bertz CT molecular complexity index is 539. The van der Waals surface area contributed by atoms with Crippen molar-refractivity contribution in [1.29, 1.82) is 0 Å². The number of benzene rings is 1. The highest BCUT2D eigenvalue weighted by Crippen LogP contribution is 2.33. The molecule has 0 amide bonds. The monoisotopic (exact) mass is 302 g/mol. The normalized spacial score (nSPS) is 29.5. The lowest BCUT2D eigenvalue weighted by Crippen LogP contribution is -2.25. The van der Waals surface area contributed by atoms with Gasteiger partial charge in [-0.2, -0.15) is 0 Å². The number of allylic oxidation sites excluding steroid dienone is 3. The van der Waals surface area contributed by atoms with Crippen LogP contribution in [0.3, 0.4) is 0 Å². The minimum Gasteiger partial charge on any atom is -0.348 e. The molecule has 1 aliphatic heterocycles. The Kier molecular flexibility index (Phi) is 5.06. The molecule has 3 heteroatoms. The zero-order chi connectivity index (χ0) is 15.4. The van der Waals surface area contributed by atoms with E-state index in [0.717, 1.165) is 18.4 Å². The standard InChI is InChI=1S/C19H23FO2/c1-2-3-14-12-21-19(22-13-14)17-6-4-15(5-7-17)16-8-10-18(20)11-9-16/h2-7,10,14,16,19H,8-9,11-13H2,1H3/b3-2+. The van der Waals surface area contributed by atoms with Crippen LogP contribution in [0, 0.1) is 5.92 Å². The van der Waals surface area contributed by atoms with Crippen molar-refractivity contribution in [2.75, 3.05) is 13.2 Å². The van der Waals surface area contributed by atoms with Crippen LogP contribution < -0.4 is 0 Å². The number of hydrogen-bond acceptors (Lipinski definition) is 2. The quantitative estimate of drug-likeness (QED) is 0.728. The molecule has 1 unspecified atom stereocenters. The Morgan fingerprint density at radius 3 is 2.36 bits per heavy atom. The van der Waals surface area contributed by atoms with Gasteiger partial charge in [-0.1, -0.05) is 42.5 Å². The van der Waals surface area contributed by atoms with Crippen molar-refractivity contribution in [2.45, 2.75) is 38.4 Å². The number of hydrogen-bond donors (Lipinski definition) is 0. The average molecular weight is 302 g/mol. The molecule has 1 heterocycles. The van der Waals surface area contributed by atoms with Crippen molar-refractivity contribution in [1.82, 2.24) is 0 Å². The van der Waals surface area contributed by atoms with E-state index < -0.39 is 0 Å². The Balaban J connectivity index is 1.60. The molecule has 1 aliphatic carbocycles. The largest absolute Gasteiger partial charge is 0.348 e. The molecule has 0 radical (unpaired) electrons. The third-order valence-electron chi connectivity index (χ3n) is 4.42. The zero-order valence-electron chi connectivity index (χ0n) is 13.0. The predicted molar refractivity (Wildman–Crippen MR) is 85.2 cm³/mol. The second kappa shape index (κ2) is 7.21. The van der Waals surface area contributed by atoms with Crippen LogP contribution in [-0.2, 0) is 9.47 Å². The van der Waals surface area contributed by atoms with E-state index in [1.165, 1.54) is 5.56 Å². The molecule has 118 valence electrons. The van der Waals surface area contributed by atoms with Crippen LogP contribution in [0.25, 0.3) is 0 Å². The van der Waals surface area contributed by atoms with E-state index in [0.29, 0.717) is 31.5 Å². The van der Waals surface area contributed by atoms with E-state index in [9.17, 15) is 4.39 Å². The van der Waals surface area contributed by atoms with Gasteiger partial charge in [0.1, 0.15) is 0 Å². The topological polar surface area (TPSA) is 18.5 Å². The molecule has 1 atom stereocenters. The first kappa shape index (κ1) is 15.4. The zero-order valence-corrected chi connectivity index (χ0v) is 13.0. The van der Waals surface area contributed by atoms with Gasteiger partial charge in [0.05, 0.1) is 19.0 Å². The first-order valence-electron chi connectivity index (χ1n) is 8.06. The minimum atomic E-state index is -0.265. The van der Waals surface area contributed by atoms with Crippen LogP contribution in [0.5, 0.6) is 0 Å². The predicted octanol–water partition coefficient (Wildman–Crippen LogP) is 5.05. The summed E-state index contributed by atoms with van der Waals surface area (Å²) in [5.74, 6) is 0.817. The fourth-order valence-corrected chi connectivity index (χ4v) is 3.12. The molecule has 0 saturated carbocycles. The summed E-state index contributed by atoms with van der Waals surface area (Å²) in [5, 5.41) is 0. The Labute approximate surface area is 131 Å². The molecular weight excluding hydrogens is 279 g/mol. The van der Waals surface area contributed by atoms with Gasteiger partial charge in [0.2, 0.25) is 0 Å². The lowest BCUT2D eigenvalue weighted by atomic mass is 9.87. The van der Waals surface area contributed by atoms with Gasteiger partial charge in [-0.25, -0.2) is 4.39 Å². The van der Waals surface area contributed by atoms with Gasteiger partial charge in [-0.05, 0) is 37.7 Å². The molecule has 1 aromatic carbocycles. The van der Waals surface area contributed by atoms with Gasteiger partial charge in [0, 0.05) is 11.5 Å². The van der Waals surface area contributed by atoms with E-state index >= 15 is 0 Å². The summed E-state index contributed by atoms with van der Waals surface area (Å²) >= 11 is 0. The Hall–Kier alpha value is -1.45. The smallest absolute Gasteiger partial charge is 0.183 e. The fraction of sp³-hybridized carbons (Fsp3) is 0.474. The van der Waals surface area contributed by atoms with Crippen molar-refractivity contribution in [2.24, 2.45) is 5.92 Å². The molecule has 1 aromatic rings. The Morgan fingerprint density at radius 2 is 1.77 bits per heavy atom. The summed E-state index contributed by atoms with van der Waals surface area (Å²) in [6.07, 6.45) is 7.86. The molecule has 0 spiro atoms. The van der Waals surface area contributed by atoms with Gasteiger partial charge < -0.3 is 9.47 Å². The molecule has 1 fully saturated rings. The molecular formula is C19H23FO2.